The Balaban J connectivity index is 2.47. The third-order valence-electron chi connectivity index (χ3n) is 1.76. The molecule has 2 nitrogen and oxygen atoms in total. The van der Waals surface area contributed by atoms with Crippen LogP contribution in [0.2, 0.25) is 0 Å². The average Bonchev–Trinajstić information content (AvgIpc) is 2.47. The van der Waals surface area contributed by atoms with Crippen LogP contribution in [0.15, 0.2) is 11.4 Å². The van der Waals surface area contributed by atoms with Crippen LogP contribution in [0.4, 0.5) is 0 Å². The Morgan fingerprint density at radius 2 is 2.42 bits per heavy atom. The van der Waals surface area contributed by atoms with E-state index in [1.54, 1.807) is 11.3 Å². The van der Waals surface area contributed by atoms with Crippen molar-refractivity contribution in [1.82, 2.24) is 0 Å². The van der Waals surface area contributed by atoms with Gasteiger partial charge in [-0.25, -0.2) is 0 Å². The molecule has 1 unspecified atom stereocenters. The fourth-order valence-corrected chi connectivity index (χ4v) is 2.00. The van der Waals surface area contributed by atoms with E-state index in [0.29, 0.717) is 6.54 Å². The van der Waals surface area contributed by atoms with Crippen LogP contribution in [-0.4, -0.2) is 11.7 Å². The van der Waals surface area contributed by atoms with Gasteiger partial charge < -0.3 is 10.8 Å². The van der Waals surface area contributed by atoms with E-state index < -0.39 is 0 Å². The largest absolute Gasteiger partial charge is 0.388 e. The molecule has 1 aromatic rings. The van der Waals surface area contributed by atoms with E-state index in [0.717, 1.165) is 17.7 Å². The van der Waals surface area contributed by atoms with Crippen LogP contribution >= 0.6 is 11.3 Å². The lowest BCUT2D eigenvalue weighted by Crippen LogP contribution is -2.02. The first-order valence-corrected chi connectivity index (χ1v) is 5.05. The predicted molar refractivity (Wildman–Crippen MR) is 52.3 cm³/mol. The number of hydrogen-bond donors (Lipinski definition) is 2. The summed E-state index contributed by atoms with van der Waals surface area (Å²) < 4.78 is 0. The lowest BCUT2D eigenvalue weighted by Gasteiger charge is -2.05. The molecule has 0 fully saturated rings. The fraction of sp³-hybridized carbons (Fsp3) is 0.556. The van der Waals surface area contributed by atoms with E-state index in [-0.39, 0.29) is 6.10 Å². The van der Waals surface area contributed by atoms with Crippen LogP contribution in [0.1, 0.15) is 29.4 Å². The van der Waals surface area contributed by atoms with Crippen molar-refractivity contribution in [2.45, 2.75) is 25.9 Å². The lowest BCUT2D eigenvalue weighted by molar-refractivity contribution is 0.169. The topological polar surface area (TPSA) is 46.2 Å². The molecular weight excluding hydrogens is 170 g/mol. The molecule has 12 heavy (non-hydrogen) atoms. The quantitative estimate of drug-likeness (QED) is 0.751. The van der Waals surface area contributed by atoms with Gasteiger partial charge in [-0.2, -0.15) is 0 Å². The molecule has 0 amide bonds. The third kappa shape index (κ3) is 2.59. The Labute approximate surface area is 77.0 Å². The predicted octanol–water partition coefficient (Wildman–Crippen LogP) is 1.83. The minimum atomic E-state index is -0.313. The second kappa shape index (κ2) is 4.60. The summed E-state index contributed by atoms with van der Waals surface area (Å²) in [6.07, 6.45) is 1.35. The van der Waals surface area contributed by atoms with Crippen molar-refractivity contribution in [2.75, 3.05) is 6.54 Å². The highest BCUT2D eigenvalue weighted by Crippen LogP contribution is 2.24. The molecule has 0 bridgehead atoms. The second-order valence-electron chi connectivity index (χ2n) is 2.97. The van der Waals surface area contributed by atoms with Crippen LogP contribution in [0.5, 0.6) is 0 Å². The third-order valence-corrected chi connectivity index (χ3v) is 2.91. The van der Waals surface area contributed by atoms with Crippen LogP contribution in [-0.2, 0) is 0 Å². The van der Waals surface area contributed by atoms with Gasteiger partial charge in [0.25, 0.3) is 0 Å². The summed E-state index contributed by atoms with van der Waals surface area (Å²) in [6.45, 7) is 2.69. The molecule has 1 heterocycles. The maximum Gasteiger partial charge on any atom is 0.0882 e. The van der Waals surface area contributed by atoms with Crippen LogP contribution < -0.4 is 5.73 Å². The van der Waals surface area contributed by atoms with Crippen molar-refractivity contribution < 1.29 is 5.11 Å². The van der Waals surface area contributed by atoms with Crippen molar-refractivity contribution in [1.29, 1.82) is 0 Å². The highest BCUT2D eigenvalue weighted by molar-refractivity contribution is 7.10. The maximum atomic E-state index is 9.62. The summed E-state index contributed by atoms with van der Waals surface area (Å²) in [4.78, 5) is 1.06. The van der Waals surface area contributed by atoms with Gasteiger partial charge in [-0.05, 0) is 43.3 Å². The van der Waals surface area contributed by atoms with Crippen molar-refractivity contribution in [3.8, 4) is 0 Å². The average molecular weight is 185 g/mol. The summed E-state index contributed by atoms with van der Waals surface area (Å²) in [5.41, 5.74) is 6.58. The second-order valence-corrected chi connectivity index (χ2v) is 3.92. The first-order chi connectivity index (χ1) is 5.74. The van der Waals surface area contributed by atoms with Gasteiger partial charge in [-0.3, -0.25) is 0 Å². The SMILES string of the molecule is Cc1csc(C(O)CCCN)c1. The van der Waals surface area contributed by atoms with Crippen molar-refractivity contribution in [3.05, 3.63) is 21.9 Å². The monoisotopic (exact) mass is 185 g/mol. The summed E-state index contributed by atoms with van der Waals surface area (Å²) in [7, 11) is 0. The zero-order valence-corrected chi connectivity index (χ0v) is 8.10. The number of hydrogen-bond acceptors (Lipinski definition) is 3. The summed E-state index contributed by atoms with van der Waals surface area (Å²) in [5, 5.41) is 11.7. The van der Waals surface area contributed by atoms with Gasteiger partial charge in [0, 0.05) is 4.88 Å². The molecular formula is C9H15NOS. The van der Waals surface area contributed by atoms with Gasteiger partial charge in [-0.1, -0.05) is 0 Å². The molecule has 0 saturated heterocycles. The highest BCUT2D eigenvalue weighted by Gasteiger charge is 2.07. The Hall–Kier alpha value is -0.380. The van der Waals surface area contributed by atoms with Gasteiger partial charge in [-0.15, -0.1) is 11.3 Å². The normalized spacial score (nSPS) is 13.2. The summed E-state index contributed by atoms with van der Waals surface area (Å²) in [5.74, 6) is 0. The van der Waals surface area contributed by atoms with E-state index in [2.05, 4.69) is 5.38 Å². The lowest BCUT2D eigenvalue weighted by atomic mass is 10.1. The minimum absolute atomic E-state index is 0.313. The molecule has 1 aromatic heterocycles. The van der Waals surface area contributed by atoms with E-state index in [9.17, 15) is 5.11 Å². The molecule has 68 valence electrons. The minimum Gasteiger partial charge on any atom is -0.388 e. The van der Waals surface area contributed by atoms with Crippen molar-refractivity contribution in [3.63, 3.8) is 0 Å². The standard InChI is InChI=1S/C9H15NOS/c1-7-5-9(12-6-7)8(11)3-2-4-10/h5-6,8,11H,2-4,10H2,1H3. The van der Waals surface area contributed by atoms with Gasteiger partial charge in [0.1, 0.15) is 0 Å². The number of thiophene rings is 1. The highest BCUT2D eigenvalue weighted by atomic mass is 32.1. The molecule has 1 rings (SSSR count). The van der Waals surface area contributed by atoms with Crippen LogP contribution in [0.3, 0.4) is 0 Å². The van der Waals surface area contributed by atoms with E-state index in [4.69, 9.17) is 5.73 Å². The van der Waals surface area contributed by atoms with Crippen molar-refractivity contribution in [2.24, 2.45) is 5.73 Å². The molecule has 0 aliphatic heterocycles. The number of aryl methyl sites for hydroxylation is 1. The Kier molecular flexibility index (Phi) is 3.72. The number of aliphatic hydroxyl groups is 1. The number of nitrogens with two attached hydrogens (primary N) is 1. The Morgan fingerprint density at radius 3 is 2.92 bits per heavy atom. The molecule has 1 atom stereocenters. The zero-order chi connectivity index (χ0) is 8.97. The number of aliphatic hydroxyl groups excluding tert-OH is 1. The Bertz CT molecular complexity index is 234. The summed E-state index contributed by atoms with van der Waals surface area (Å²) >= 11 is 1.62. The molecule has 0 radical (unpaired) electrons. The van der Waals surface area contributed by atoms with Crippen LogP contribution in [0, 0.1) is 6.92 Å². The number of rotatable bonds is 4. The molecule has 0 saturated carbocycles. The first kappa shape index (κ1) is 9.71. The molecule has 0 aromatic carbocycles. The zero-order valence-electron chi connectivity index (χ0n) is 7.29. The first-order valence-electron chi connectivity index (χ1n) is 4.17. The van der Waals surface area contributed by atoms with E-state index in [1.807, 2.05) is 13.0 Å². The van der Waals surface area contributed by atoms with Gasteiger partial charge in [0.2, 0.25) is 0 Å². The fourth-order valence-electron chi connectivity index (χ4n) is 1.08. The van der Waals surface area contributed by atoms with Gasteiger partial charge in [0.15, 0.2) is 0 Å². The van der Waals surface area contributed by atoms with Gasteiger partial charge >= 0.3 is 0 Å². The van der Waals surface area contributed by atoms with Crippen molar-refractivity contribution >= 4 is 11.3 Å². The molecule has 0 aliphatic rings. The molecule has 0 spiro atoms. The molecule has 3 heteroatoms. The maximum absolute atomic E-state index is 9.62. The van der Waals surface area contributed by atoms with Gasteiger partial charge in [0.05, 0.1) is 6.10 Å². The van der Waals surface area contributed by atoms with Crippen LogP contribution in [0.25, 0.3) is 0 Å². The Morgan fingerprint density at radius 1 is 1.67 bits per heavy atom. The molecule has 0 aliphatic carbocycles. The summed E-state index contributed by atoms with van der Waals surface area (Å²) in [6, 6.07) is 2.03. The van der Waals surface area contributed by atoms with E-state index >= 15 is 0 Å². The smallest absolute Gasteiger partial charge is 0.0882 e. The molecule has 3 N–H and O–H groups in total. The van der Waals surface area contributed by atoms with E-state index in [1.165, 1.54) is 5.56 Å².